The fourth-order valence-corrected chi connectivity index (χ4v) is 3.37. The maximum Gasteiger partial charge on any atom is 0.238 e. The number of morpholine rings is 1. The van der Waals surface area contributed by atoms with Crippen molar-refractivity contribution in [2.45, 2.75) is 40.5 Å². The molecule has 0 saturated carbocycles. The van der Waals surface area contributed by atoms with Crippen LogP contribution in [0.25, 0.3) is 0 Å². The number of benzene rings is 1. The Bertz CT molecular complexity index is 633. The molecule has 0 spiro atoms. The molecule has 1 saturated heterocycles. The van der Waals surface area contributed by atoms with Crippen LogP contribution in [0, 0.1) is 0 Å². The topological polar surface area (TPSA) is 63.3 Å². The van der Waals surface area contributed by atoms with Crippen molar-refractivity contribution in [1.29, 1.82) is 0 Å². The molecule has 1 heterocycles. The van der Waals surface area contributed by atoms with Gasteiger partial charge in [0.2, 0.25) is 5.91 Å². The normalized spacial score (nSPS) is 14.2. The van der Waals surface area contributed by atoms with Gasteiger partial charge in [0, 0.05) is 25.2 Å². The third kappa shape index (κ3) is 7.08. The van der Waals surface area contributed by atoms with Crippen LogP contribution in [0.4, 0.5) is 11.4 Å². The summed E-state index contributed by atoms with van der Waals surface area (Å²) in [7, 11) is 0. The lowest BCUT2D eigenvalue weighted by atomic mass is 10.2. The maximum atomic E-state index is 12.7. The molecule has 0 radical (unpaired) electrons. The molecule has 1 aromatic rings. The van der Waals surface area contributed by atoms with Gasteiger partial charge in [0.15, 0.2) is 0 Å². The zero-order chi connectivity index (χ0) is 21.1. The van der Waals surface area contributed by atoms with Gasteiger partial charge in [-0.05, 0) is 33.4 Å². The Hall–Kier alpha value is -1.99. The molecule has 1 aliphatic rings. The summed E-state index contributed by atoms with van der Waals surface area (Å²) in [5, 5.41) is 3.04. The van der Waals surface area contributed by atoms with Crippen molar-refractivity contribution in [2.75, 3.05) is 69.4 Å². The molecule has 1 N–H and O–H groups in total. The summed E-state index contributed by atoms with van der Waals surface area (Å²) < 4.78 is 17.2. The van der Waals surface area contributed by atoms with Gasteiger partial charge in [-0.15, -0.1) is 0 Å². The van der Waals surface area contributed by atoms with E-state index in [1.807, 2.05) is 26.0 Å². The molecule has 0 bridgehead atoms. The Labute approximate surface area is 175 Å². The molecule has 7 heteroatoms. The van der Waals surface area contributed by atoms with Crippen LogP contribution < -0.4 is 19.7 Å². The van der Waals surface area contributed by atoms with Gasteiger partial charge in [0.25, 0.3) is 0 Å². The highest BCUT2D eigenvalue weighted by atomic mass is 16.5. The summed E-state index contributed by atoms with van der Waals surface area (Å²) >= 11 is 0. The summed E-state index contributed by atoms with van der Waals surface area (Å²) in [5.74, 6) is 1.39. The molecule has 0 atom stereocenters. The minimum Gasteiger partial charge on any atom is -0.492 e. The Kier molecular flexibility index (Phi) is 10.1. The van der Waals surface area contributed by atoms with E-state index in [2.05, 4.69) is 29.0 Å². The molecule has 0 unspecified atom stereocenters. The fraction of sp³-hybridized carbons (Fsp3) is 0.682. The highest BCUT2D eigenvalue weighted by Gasteiger charge is 2.20. The van der Waals surface area contributed by atoms with Gasteiger partial charge in [-0.2, -0.15) is 0 Å². The van der Waals surface area contributed by atoms with Crippen molar-refractivity contribution >= 4 is 17.3 Å². The first-order chi connectivity index (χ1) is 14.1. The van der Waals surface area contributed by atoms with Crippen LogP contribution in [-0.2, 0) is 9.53 Å². The van der Waals surface area contributed by atoms with Crippen molar-refractivity contribution in [3.8, 4) is 11.5 Å². The van der Waals surface area contributed by atoms with Crippen LogP contribution in [0.15, 0.2) is 12.1 Å². The van der Waals surface area contributed by atoms with Gasteiger partial charge in [0.1, 0.15) is 11.5 Å². The Morgan fingerprint density at radius 3 is 2.41 bits per heavy atom. The van der Waals surface area contributed by atoms with Crippen LogP contribution in [-0.4, -0.2) is 70.0 Å². The Morgan fingerprint density at radius 2 is 1.79 bits per heavy atom. The van der Waals surface area contributed by atoms with E-state index in [0.717, 1.165) is 50.5 Å². The van der Waals surface area contributed by atoms with E-state index >= 15 is 0 Å². The average Bonchev–Trinajstić information content (AvgIpc) is 2.73. The fourth-order valence-electron chi connectivity index (χ4n) is 3.37. The van der Waals surface area contributed by atoms with Crippen LogP contribution in [0.3, 0.4) is 0 Å². The Morgan fingerprint density at radius 1 is 1.10 bits per heavy atom. The molecule has 1 fully saturated rings. The number of carbonyl (C=O) groups is 1. The van der Waals surface area contributed by atoms with Crippen LogP contribution >= 0.6 is 0 Å². The number of hydrogen-bond donors (Lipinski definition) is 1. The number of rotatable bonds is 12. The number of likely N-dealkylation sites (N-methyl/N-ethyl adjacent to an activating group) is 1. The van der Waals surface area contributed by atoms with Gasteiger partial charge < -0.3 is 24.4 Å². The predicted molar refractivity (Wildman–Crippen MR) is 117 cm³/mol. The minimum absolute atomic E-state index is 0.0366. The Balaban J connectivity index is 2.22. The summed E-state index contributed by atoms with van der Waals surface area (Å²) in [6, 6.07) is 3.86. The van der Waals surface area contributed by atoms with E-state index in [4.69, 9.17) is 14.2 Å². The van der Waals surface area contributed by atoms with E-state index in [1.54, 1.807) is 0 Å². The van der Waals surface area contributed by atoms with Crippen molar-refractivity contribution in [3.63, 3.8) is 0 Å². The van der Waals surface area contributed by atoms with E-state index in [9.17, 15) is 4.79 Å². The first-order valence-corrected chi connectivity index (χ1v) is 10.9. The van der Waals surface area contributed by atoms with Crippen LogP contribution in [0.5, 0.6) is 11.5 Å². The van der Waals surface area contributed by atoms with Gasteiger partial charge in [-0.25, -0.2) is 0 Å². The number of anilines is 2. The second-order valence-corrected chi connectivity index (χ2v) is 7.05. The summed E-state index contributed by atoms with van der Waals surface area (Å²) in [6.07, 6.45) is 2.21. The molecule has 2 rings (SSSR count). The highest BCUT2D eigenvalue weighted by molar-refractivity contribution is 5.94. The first-order valence-electron chi connectivity index (χ1n) is 10.9. The number of nitrogens with zero attached hydrogens (tertiary/aromatic N) is 2. The number of hydrogen-bond acceptors (Lipinski definition) is 6. The second kappa shape index (κ2) is 12.5. The van der Waals surface area contributed by atoms with E-state index < -0.39 is 0 Å². The summed E-state index contributed by atoms with van der Waals surface area (Å²) in [6.45, 7) is 14.4. The molecule has 0 aromatic heterocycles. The van der Waals surface area contributed by atoms with E-state index in [-0.39, 0.29) is 5.91 Å². The lowest BCUT2D eigenvalue weighted by Crippen LogP contribution is -2.36. The van der Waals surface area contributed by atoms with Gasteiger partial charge in [0.05, 0.1) is 44.3 Å². The lowest BCUT2D eigenvalue weighted by Gasteiger charge is -2.31. The molecule has 0 aliphatic carbocycles. The largest absolute Gasteiger partial charge is 0.492 e. The molecular formula is C22H37N3O4. The average molecular weight is 408 g/mol. The van der Waals surface area contributed by atoms with E-state index in [0.29, 0.717) is 44.4 Å². The van der Waals surface area contributed by atoms with Crippen LogP contribution in [0.2, 0.25) is 0 Å². The number of ether oxygens (including phenoxy) is 3. The van der Waals surface area contributed by atoms with Gasteiger partial charge in [-0.1, -0.05) is 20.3 Å². The SMILES string of the molecule is CCCCN(CC)CC(=O)Nc1cc(OCC)c(N2CCOCC2)cc1OCC. The third-order valence-corrected chi connectivity index (χ3v) is 4.93. The quantitative estimate of drug-likeness (QED) is 0.573. The van der Waals surface area contributed by atoms with Crippen LogP contribution in [0.1, 0.15) is 40.5 Å². The zero-order valence-corrected chi connectivity index (χ0v) is 18.5. The minimum atomic E-state index is -0.0366. The molecule has 1 amide bonds. The molecule has 7 nitrogen and oxygen atoms in total. The highest BCUT2D eigenvalue weighted by Crippen LogP contribution is 2.39. The molecule has 1 aromatic carbocycles. The maximum absolute atomic E-state index is 12.7. The third-order valence-electron chi connectivity index (χ3n) is 4.93. The zero-order valence-electron chi connectivity index (χ0n) is 18.5. The number of unbranched alkanes of at least 4 members (excludes halogenated alkanes) is 1. The molecule has 164 valence electrons. The van der Waals surface area contributed by atoms with Crippen molar-refractivity contribution in [2.24, 2.45) is 0 Å². The smallest absolute Gasteiger partial charge is 0.238 e. The van der Waals surface area contributed by atoms with Gasteiger partial charge >= 0.3 is 0 Å². The lowest BCUT2D eigenvalue weighted by molar-refractivity contribution is -0.117. The second-order valence-electron chi connectivity index (χ2n) is 7.05. The predicted octanol–water partition coefficient (Wildman–Crippen LogP) is 3.38. The van der Waals surface area contributed by atoms with E-state index in [1.165, 1.54) is 0 Å². The molecule has 1 aliphatic heterocycles. The number of nitrogens with one attached hydrogen (secondary N) is 1. The number of carbonyl (C=O) groups excluding carboxylic acids is 1. The monoisotopic (exact) mass is 407 g/mol. The van der Waals surface area contributed by atoms with Crippen molar-refractivity contribution in [3.05, 3.63) is 12.1 Å². The van der Waals surface area contributed by atoms with Gasteiger partial charge in [-0.3, -0.25) is 9.69 Å². The van der Waals surface area contributed by atoms with Crippen molar-refractivity contribution in [1.82, 2.24) is 4.90 Å². The summed E-state index contributed by atoms with van der Waals surface area (Å²) in [5.41, 5.74) is 1.64. The first kappa shape index (κ1) is 23.3. The summed E-state index contributed by atoms with van der Waals surface area (Å²) in [4.78, 5) is 17.1. The molecule has 29 heavy (non-hydrogen) atoms. The molecular weight excluding hydrogens is 370 g/mol. The number of amides is 1. The standard InChI is InChI=1S/C22H37N3O4/c1-5-9-10-24(6-2)17-22(26)23-18-15-21(29-8-4)19(16-20(18)28-7-3)25-11-13-27-14-12-25/h15-16H,5-14,17H2,1-4H3,(H,23,26). The van der Waals surface area contributed by atoms with Crippen molar-refractivity contribution < 1.29 is 19.0 Å².